The average Bonchev–Trinajstić information content (AvgIpc) is 3.34. The van der Waals surface area contributed by atoms with Crippen LogP contribution in [0.25, 0.3) is 0 Å². The molecule has 0 saturated heterocycles. The second kappa shape index (κ2) is 7.02. The molecule has 138 valence electrons. The van der Waals surface area contributed by atoms with E-state index in [4.69, 9.17) is 9.47 Å². The number of fused-ring (bicyclic) bond motifs is 2. The maximum atomic E-state index is 13.4. The van der Waals surface area contributed by atoms with E-state index in [1.807, 2.05) is 23.1 Å². The molecule has 27 heavy (non-hydrogen) atoms. The van der Waals surface area contributed by atoms with Gasteiger partial charge in [0, 0.05) is 28.3 Å². The van der Waals surface area contributed by atoms with Crippen LogP contribution in [0.2, 0.25) is 0 Å². The molecule has 0 N–H and O–H groups in total. The van der Waals surface area contributed by atoms with Gasteiger partial charge in [0.15, 0.2) is 11.5 Å². The van der Waals surface area contributed by atoms with Crippen molar-refractivity contribution < 1.29 is 14.3 Å². The third kappa shape index (κ3) is 3.03. The number of amides is 1. The van der Waals surface area contributed by atoms with Gasteiger partial charge < -0.3 is 14.4 Å². The quantitative estimate of drug-likeness (QED) is 0.626. The normalized spacial score (nSPS) is 18.7. The van der Waals surface area contributed by atoms with Crippen LogP contribution < -0.4 is 9.47 Å². The van der Waals surface area contributed by atoms with Gasteiger partial charge in [-0.2, -0.15) is 0 Å². The molecule has 5 rings (SSSR count). The minimum absolute atomic E-state index is 0.0107. The summed E-state index contributed by atoms with van der Waals surface area (Å²) in [6.07, 6.45) is 1.76. The van der Waals surface area contributed by atoms with E-state index >= 15 is 0 Å². The lowest BCUT2D eigenvalue weighted by Crippen LogP contribution is -2.39. The van der Waals surface area contributed by atoms with E-state index in [2.05, 4.69) is 29.0 Å². The molecule has 1 aromatic carbocycles. The van der Waals surface area contributed by atoms with Crippen molar-refractivity contribution in [3.63, 3.8) is 0 Å². The van der Waals surface area contributed by atoms with Crippen molar-refractivity contribution in [1.82, 2.24) is 4.90 Å². The van der Waals surface area contributed by atoms with Gasteiger partial charge in [-0.05, 0) is 53.1 Å². The standard InChI is InChI=1S/C21H19NO3S2/c23-21(14-4-5-16-17(13-14)25-10-2-9-24-16)22-8-6-18-15(7-12-27-18)20(22)19-3-1-11-26-19/h1,3-5,7,11-13,20H,2,6,8-10H2/t20-/m0/s1. The summed E-state index contributed by atoms with van der Waals surface area (Å²) in [5.74, 6) is 1.43. The van der Waals surface area contributed by atoms with Crippen LogP contribution in [-0.2, 0) is 6.42 Å². The third-order valence-electron chi connectivity index (χ3n) is 5.03. The lowest BCUT2D eigenvalue weighted by Gasteiger charge is -2.35. The fourth-order valence-electron chi connectivity index (χ4n) is 3.75. The summed E-state index contributed by atoms with van der Waals surface area (Å²) in [7, 11) is 0. The Morgan fingerprint density at radius 1 is 1.04 bits per heavy atom. The molecule has 2 aliphatic rings. The smallest absolute Gasteiger partial charge is 0.254 e. The van der Waals surface area contributed by atoms with Crippen LogP contribution in [0.5, 0.6) is 11.5 Å². The Bertz CT molecular complexity index is 964. The zero-order valence-electron chi connectivity index (χ0n) is 14.7. The summed E-state index contributed by atoms with van der Waals surface area (Å²) >= 11 is 3.49. The molecule has 2 aromatic heterocycles. The summed E-state index contributed by atoms with van der Waals surface area (Å²) in [6.45, 7) is 1.99. The van der Waals surface area contributed by atoms with Crippen LogP contribution in [0.15, 0.2) is 47.2 Å². The van der Waals surface area contributed by atoms with Gasteiger partial charge in [0.25, 0.3) is 5.91 Å². The number of ether oxygens (including phenoxy) is 2. The Balaban J connectivity index is 1.51. The highest BCUT2D eigenvalue weighted by Crippen LogP contribution is 2.40. The van der Waals surface area contributed by atoms with E-state index in [0.717, 1.165) is 25.1 Å². The Kier molecular flexibility index (Phi) is 4.38. The molecule has 0 saturated carbocycles. The lowest BCUT2D eigenvalue weighted by molar-refractivity contribution is 0.0698. The molecule has 2 aliphatic heterocycles. The molecule has 0 fully saturated rings. The van der Waals surface area contributed by atoms with Crippen LogP contribution >= 0.6 is 22.7 Å². The highest BCUT2D eigenvalue weighted by molar-refractivity contribution is 7.10. The highest BCUT2D eigenvalue weighted by atomic mass is 32.1. The van der Waals surface area contributed by atoms with Gasteiger partial charge in [-0.25, -0.2) is 0 Å². The zero-order chi connectivity index (χ0) is 18.2. The molecule has 6 heteroatoms. The first-order valence-electron chi connectivity index (χ1n) is 9.11. The summed E-state index contributed by atoms with van der Waals surface area (Å²) < 4.78 is 11.5. The fourth-order valence-corrected chi connectivity index (χ4v) is 5.51. The van der Waals surface area contributed by atoms with Crippen LogP contribution in [0, 0.1) is 0 Å². The van der Waals surface area contributed by atoms with Crippen LogP contribution in [0.1, 0.15) is 38.1 Å². The molecule has 0 spiro atoms. The molecule has 3 aromatic rings. The first-order chi connectivity index (χ1) is 13.3. The van der Waals surface area contributed by atoms with Crippen molar-refractivity contribution in [3.8, 4) is 11.5 Å². The molecule has 1 atom stereocenters. The molecule has 0 bridgehead atoms. The molecule has 4 heterocycles. The van der Waals surface area contributed by atoms with Gasteiger partial charge in [0.1, 0.15) is 0 Å². The largest absolute Gasteiger partial charge is 0.490 e. The van der Waals surface area contributed by atoms with Crippen LogP contribution in [0.3, 0.4) is 0 Å². The minimum Gasteiger partial charge on any atom is -0.490 e. The number of thiophene rings is 2. The maximum Gasteiger partial charge on any atom is 0.254 e. The van der Waals surface area contributed by atoms with E-state index in [1.165, 1.54) is 15.3 Å². The monoisotopic (exact) mass is 397 g/mol. The Labute approximate surface area is 166 Å². The zero-order valence-corrected chi connectivity index (χ0v) is 16.4. The Morgan fingerprint density at radius 3 is 2.78 bits per heavy atom. The van der Waals surface area contributed by atoms with Gasteiger partial charge in [-0.3, -0.25) is 4.79 Å². The van der Waals surface area contributed by atoms with Gasteiger partial charge in [0.05, 0.1) is 19.3 Å². The summed E-state index contributed by atoms with van der Waals surface area (Å²) in [4.78, 5) is 18.0. The third-order valence-corrected chi connectivity index (χ3v) is 6.96. The second-order valence-corrected chi connectivity index (χ2v) is 8.66. The maximum absolute atomic E-state index is 13.4. The van der Waals surface area contributed by atoms with E-state index < -0.39 is 0 Å². The molecular weight excluding hydrogens is 378 g/mol. The molecule has 0 radical (unpaired) electrons. The van der Waals surface area contributed by atoms with Crippen molar-refractivity contribution in [3.05, 3.63) is 68.0 Å². The van der Waals surface area contributed by atoms with Crippen molar-refractivity contribution in [2.24, 2.45) is 0 Å². The van der Waals surface area contributed by atoms with Gasteiger partial charge >= 0.3 is 0 Å². The van der Waals surface area contributed by atoms with Crippen molar-refractivity contribution in [1.29, 1.82) is 0 Å². The van der Waals surface area contributed by atoms with Crippen LogP contribution in [0.4, 0.5) is 0 Å². The van der Waals surface area contributed by atoms with E-state index in [0.29, 0.717) is 24.5 Å². The minimum atomic E-state index is -0.0107. The summed E-state index contributed by atoms with van der Waals surface area (Å²) in [5.41, 5.74) is 1.91. The van der Waals surface area contributed by atoms with Crippen molar-refractivity contribution in [2.75, 3.05) is 19.8 Å². The average molecular weight is 398 g/mol. The SMILES string of the molecule is O=C(c1ccc2c(c1)OCCCO2)N1CCc2sccc2[C@H]1c1cccs1. The number of hydrogen-bond acceptors (Lipinski definition) is 5. The highest BCUT2D eigenvalue weighted by Gasteiger charge is 2.34. The molecule has 0 unspecified atom stereocenters. The molecule has 4 nitrogen and oxygen atoms in total. The Morgan fingerprint density at radius 2 is 1.93 bits per heavy atom. The predicted molar refractivity (Wildman–Crippen MR) is 107 cm³/mol. The number of rotatable bonds is 2. The number of carbonyl (C=O) groups excluding carboxylic acids is 1. The number of carbonyl (C=O) groups is 1. The number of benzene rings is 1. The van der Waals surface area contributed by atoms with Crippen molar-refractivity contribution >= 4 is 28.6 Å². The molecular formula is C21H19NO3S2. The fraction of sp³-hybridized carbons (Fsp3) is 0.286. The lowest BCUT2D eigenvalue weighted by atomic mass is 9.97. The first kappa shape index (κ1) is 16.8. The molecule has 0 aliphatic carbocycles. The summed E-state index contributed by atoms with van der Waals surface area (Å²) in [5, 5.41) is 4.21. The first-order valence-corrected chi connectivity index (χ1v) is 10.9. The van der Waals surface area contributed by atoms with E-state index in [-0.39, 0.29) is 11.9 Å². The molecule has 1 amide bonds. The Hall–Kier alpha value is -2.31. The topological polar surface area (TPSA) is 38.8 Å². The van der Waals surface area contributed by atoms with E-state index in [1.54, 1.807) is 22.7 Å². The van der Waals surface area contributed by atoms with Gasteiger partial charge in [0.2, 0.25) is 0 Å². The van der Waals surface area contributed by atoms with E-state index in [9.17, 15) is 4.79 Å². The van der Waals surface area contributed by atoms with Crippen LogP contribution in [-0.4, -0.2) is 30.6 Å². The van der Waals surface area contributed by atoms with Gasteiger partial charge in [-0.15, -0.1) is 22.7 Å². The number of hydrogen-bond donors (Lipinski definition) is 0. The summed E-state index contributed by atoms with van der Waals surface area (Å²) in [6, 6.07) is 11.9. The number of nitrogens with zero attached hydrogens (tertiary/aromatic N) is 1. The van der Waals surface area contributed by atoms with Crippen molar-refractivity contribution in [2.45, 2.75) is 18.9 Å². The predicted octanol–water partition coefficient (Wildman–Crippen LogP) is 4.76. The van der Waals surface area contributed by atoms with Gasteiger partial charge in [-0.1, -0.05) is 6.07 Å². The second-order valence-electron chi connectivity index (χ2n) is 6.68.